The summed E-state index contributed by atoms with van der Waals surface area (Å²) in [5, 5.41) is 14.7. The first kappa shape index (κ1) is 17.4. The molecule has 9 heteroatoms. The van der Waals surface area contributed by atoms with Gasteiger partial charge < -0.3 is 24.5 Å². The molecule has 4 aromatic rings. The van der Waals surface area contributed by atoms with Gasteiger partial charge >= 0.3 is 11.2 Å². The summed E-state index contributed by atoms with van der Waals surface area (Å²) in [7, 11) is 2.79. The molecule has 0 spiro atoms. The Balaban J connectivity index is 1.85. The van der Waals surface area contributed by atoms with E-state index in [2.05, 4.69) is 15.1 Å². The van der Waals surface area contributed by atoms with E-state index in [-0.39, 0.29) is 22.8 Å². The van der Waals surface area contributed by atoms with Crippen LogP contribution in [0, 0.1) is 0 Å². The number of nitrogens with one attached hydrogen (secondary N) is 2. The first-order valence-electron chi connectivity index (χ1n) is 8.28. The van der Waals surface area contributed by atoms with Crippen molar-refractivity contribution in [1.29, 1.82) is 0 Å². The largest absolute Gasteiger partial charge is 0.502 e. The second-order valence-corrected chi connectivity index (χ2v) is 5.99. The molecular weight excluding hydrogens is 364 g/mol. The number of hydrogen-bond donors (Lipinski definition) is 3. The molecule has 0 fully saturated rings. The van der Waals surface area contributed by atoms with Crippen molar-refractivity contribution >= 4 is 28.2 Å². The molecule has 2 aromatic heterocycles. The van der Waals surface area contributed by atoms with Crippen molar-refractivity contribution < 1.29 is 14.6 Å². The van der Waals surface area contributed by atoms with Crippen molar-refractivity contribution in [3.63, 3.8) is 0 Å². The smallest absolute Gasteiger partial charge is 0.350 e. The highest BCUT2D eigenvalue weighted by atomic mass is 16.5. The second kappa shape index (κ2) is 6.62. The average Bonchev–Trinajstić information content (AvgIpc) is 3.07. The summed E-state index contributed by atoms with van der Waals surface area (Å²) < 4.78 is 10.9. The topological polar surface area (TPSA) is 122 Å². The number of fused-ring (bicyclic) bond motifs is 3. The Kier molecular flexibility index (Phi) is 4.11. The van der Waals surface area contributed by atoms with Crippen molar-refractivity contribution in [1.82, 2.24) is 14.6 Å². The number of H-pyrrole nitrogens is 2. The first-order valence-corrected chi connectivity index (χ1v) is 8.28. The van der Waals surface area contributed by atoms with Gasteiger partial charge in [0.2, 0.25) is 5.75 Å². The number of hydrogen-bond acceptors (Lipinski definition) is 6. The summed E-state index contributed by atoms with van der Waals surface area (Å²) in [6.07, 6.45) is 1.30. The van der Waals surface area contributed by atoms with E-state index in [4.69, 9.17) is 9.47 Å². The van der Waals surface area contributed by atoms with Gasteiger partial charge in [-0.05, 0) is 18.2 Å². The predicted molar refractivity (Wildman–Crippen MR) is 105 cm³/mol. The molecule has 0 saturated heterocycles. The minimum Gasteiger partial charge on any atom is -0.502 e. The number of phenols is 1. The van der Waals surface area contributed by atoms with Gasteiger partial charge in [-0.25, -0.2) is 4.79 Å². The lowest BCUT2D eigenvalue weighted by molar-refractivity contribution is 0.340. The Hall–Kier alpha value is -4.01. The maximum Gasteiger partial charge on any atom is 0.350 e. The summed E-state index contributed by atoms with van der Waals surface area (Å²) in [6.45, 7) is 0. The van der Waals surface area contributed by atoms with E-state index in [0.717, 1.165) is 15.6 Å². The van der Waals surface area contributed by atoms with Crippen LogP contribution < -0.4 is 20.7 Å². The first-order chi connectivity index (χ1) is 13.5. The van der Waals surface area contributed by atoms with E-state index in [9.17, 15) is 14.7 Å². The number of para-hydroxylation sites is 1. The quantitative estimate of drug-likeness (QED) is 0.466. The van der Waals surface area contributed by atoms with Crippen LogP contribution in [0.1, 0.15) is 5.56 Å². The molecule has 0 aliphatic rings. The van der Waals surface area contributed by atoms with Crippen LogP contribution in [0.5, 0.6) is 17.2 Å². The van der Waals surface area contributed by atoms with E-state index in [1.54, 1.807) is 0 Å². The van der Waals surface area contributed by atoms with Crippen LogP contribution in [-0.4, -0.2) is 40.2 Å². The lowest BCUT2D eigenvalue weighted by Crippen LogP contribution is -2.32. The molecule has 28 heavy (non-hydrogen) atoms. The monoisotopic (exact) mass is 380 g/mol. The third-order valence-electron chi connectivity index (χ3n) is 4.36. The lowest BCUT2D eigenvalue weighted by Gasteiger charge is -2.09. The molecule has 0 saturated carbocycles. The van der Waals surface area contributed by atoms with Gasteiger partial charge in [0.25, 0.3) is 0 Å². The number of ether oxygens (including phenoxy) is 2. The Labute approximate surface area is 157 Å². The van der Waals surface area contributed by atoms with Crippen molar-refractivity contribution in [2.45, 2.75) is 0 Å². The van der Waals surface area contributed by atoms with Crippen LogP contribution >= 0.6 is 0 Å². The standard InChI is InChI=1S/C19H16N4O5/c1-27-13-7-10(8-14(28-2)17(13)24)9-20-23-18(25)16-15(22-19(23)26)11-5-3-4-6-12(11)21-16/h3-9,21,24H,1-2H3,(H,22,26)/b20-9+. The minimum absolute atomic E-state index is 0.156. The maximum absolute atomic E-state index is 12.7. The van der Waals surface area contributed by atoms with Gasteiger partial charge in [-0.15, -0.1) is 4.68 Å². The van der Waals surface area contributed by atoms with Gasteiger partial charge in [0.15, 0.2) is 11.5 Å². The van der Waals surface area contributed by atoms with Gasteiger partial charge in [-0.2, -0.15) is 5.10 Å². The van der Waals surface area contributed by atoms with Gasteiger partial charge in [-0.3, -0.25) is 4.79 Å². The molecule has 2 heterocycles. The molecule has 142 valence electrons. The van der Waals surface area contributed by atoms with Gasteiger partial charge in [0.1, 0.15) is 5.52 Å². The molecule has 3 N–H and O–H groups in total. The number of benzene rings is 2. The van der Waals surface area contributed by atoms with E-state index in [1.807, 2.05) is 24.3 Å². The van der Waals surface area contributed by atoms with Crippen LogP contribution in [0.2, 0.25) is 0 Å². The predicted octanol–water partition coefficient (Wildman–Crippen LogP) is 1.78. The van der Waals surface area contributed by atoms with Crippen molar-refractivity contribution in [3.8, 4) is 17.2 Å². The highest BCUT2D eigenvalue weighted by Gasteiger charge is 2.13. The van der Waals surface area contributed by atoms with Crippen LogP contribution in [0.25, 0.3) is 21.9 Å². The SMILES string of the molecule is COc1cc(/C=N/n2c(=O)[nH]c3c([nH]c4ccccc43)c2=O)cc(OC)c1O. The number of aromatic hydroxyl groups is 1. The van der Waals surface area contributed by atoms with Crippen molar-refractivity contribution in [2.75, 3.05) is 14.2 Å². The molecule has 0 radical (unpaired) electrons. The summed E-state index contributed by atoms with van der Waals surface area (Å²) >= 11 is 0. The summed E-state index contributed by atoms with van der Waals surface area (Å²) in [5.41, 5.74) is 0.637. The molecule has 0 bridgehead atoms. The fourth-order valence-corrected chi connectivity index (χ4v) is 3.01. The van der Waals surface area contributed by atoms with Crippen LogP contribution in [-0.2, 0) is 0 Å². The normalized spacial score (nSPS) is 11.5. The average molecular weight is 380 g/mol. The molecule has 0 amide bonds. The summed E-state index contributed by atoms with van der Waals surface area (Å²) in [6, 6.07) is 10.3. The molecule has 9 nitrogen and oxygen atoms in total. The van der Waals surface area contributed by atoms with Gasteiger partial charge in [-0.1, -0.05) is 18.2 Å². The van der Waals surface area contributed by atoms with Crippen molar-refractivity contribution in [3.05, 3.63) is 62.8 Å². The molecule has 0 unspecified atom stereocenters. The fourth-order valence-electron chi connectivity index (χ4n) is 3.01. The molecule has 0 atom stereocenters. The van der Waals surface area contributed by atoms with Crippen LogP contribution in [0.3, 0.4) is 0 Å². The van der Waals surface area contributed by atoms with Crippen molar-refractivity contribution in [2.24, 2.45) is 5.10 Å². The molecule has 0 aliphatic heterocycles. The number of nitrogens with zero attached hydrogens (tertiary/aromatic N) is 2. The number of aromatic nitrogens is 3. The zero-order chi connectivity index (χ0) is 19.8. The summed E-state index contributed by atoms with van der Waals surface area (Å²) in [4.78, 5) is 30.8. The van der Waals surface area contributed by atoms with E-state index in [0.29, 0.717) is 11.1 Å². The lowest BCUT2D eigenvalue weighted by atomic mass is 10.2. The third-order valence-corrected chi connectivity index (χ3v) is 4.36. The number of rotatable bonds is 4. The number of phenolic OH excluding ortho intramolecular Hbond substituents is 1. The Morgan fingerprint density at radius 3 is 2.39 bits per heavy atom. The molecule has 4 rings (SSSR count). The second-order valence-electron chi connectivity index (χ2n) is 5.99. The van der Waals surface area contributed by atoms with E-state index < -0.39 is 11.2 Å². The number of methoxy groups -OCH3 is 2. The van der Waals surface area contributed by atoms with E-state index in [1.165, 1.54) is 32.6 Å². The third kappa shape index (κ3) is 2.69. The van der Waals surface area contributed by atoms with Crippen LogP contribution in [0.15, 0.2) is 51.1 Å². The fraction of sp³-hybridized carbons (Fsp3) is 0.105. The highest BCUT2D eigenvalue weighted by molar-refractivity contribution is 6.04. The Bertz CT molecular complexity index is 1320. The molecular formula is C19H16N4O5. The maximum atomic E-state index is 12.7. The summed E-state index contributed by atoms with van der Waals surface area (Å²) in [5.74, 6) is 0.193. The number of aromatic amines is 2. The van der Waals surface area contributed by atoms with Gasteiger partial charge in [0, 0.05) is 16.5 Å². The Morgan fingerprint density at radius 2 is 1.71 bits per heavy atom. The molecule has 0 aliphatic carbocycles. The highest BCUT2D eigenvalue weighted by Crippen LogP contribution is 2.36. The minimum atomic E-state index is -0.670. The van der Waals surface area contributed by atoms with Crippen LogP contribution in [0.4, 0.5) is 0 Å². The van der Waals surface area contributed by atoms with E-state index >= 15 is 0 Å². The zero-order valence-electron chi connectivity index (χ0n) is 15.0. The molecule has 2 aromatic carbocycles. The van der Waals surface area contributed by atoms with Gasteiger partial charge in [0.05, 0.1) is 26.0 Å². The Morgan fingerprint density at radius 1 is 1.04 bits per heavy atom. The zero-order valence-corrected chi connectivity index (χ0v) is 15.0.